The number of aryl methyl sites for hydroxylation is 1. The summed E-state index contributed by atoms with van der Waals surface area (Å²) in [6, 6.07) is 2.12. The normalized spacial score (nSPS) is 19.5. The summed E-state index contributed by atoms with van der Waals surface area (Å²) in [4.78, 5) is 15.1. The van der Waals surface area contributed by atoms with Gasteiger partial charge in [0.2, 0.25) is 6.08 Å². The predicted octanol–water partition coefficient (Wildman–Crippen LogP) is 3.60. The third-order valence-corrected chi connectivity index (χ3v) is 4.97. The van der Waals surface area contributed by atoms with Gasteiger partial charge in [-0.3, -0.25) is 0 Å². The van der Waals surface area contributed by atoms with Crippen molar-refractivity contribution in [2.24, 2.45) is 4.99 Å². The van der Waals surface area contributed by atoms with E-state index in [9.17, 15) is 4.79 Å². The van der Waals surface area contributed by atoms with Crippen LogP contribution in [0.2, 0.25) is 0 Å². The number of rotatable bonds is 3. The maximum absolute atomic E-state index is 10.9. The van der Waals surface area contributed by atoms with E-state index in [0.29, 0.717) is 0 Å². The van der Waals surface area contributed by atoms with Crippen LogP contribution in [0.3, 0.4) is 0 Å². The Morgan fingerprint density at radius 2 is 1.90 bits per heavy atom. The van der Waals surface area contributed by atoms with Crippen molar-refractivity contribution in [1.29, 1.82) is 0 Å². The zero-order chi connectivity index (χ0) is 14.2. The molecule has 3 rings (SSSR count). The van der Waals surface area contributed by atoms with Crippen molar-refractivity contribution < 1.29 is 9.53 Å². The van der Waals surface area contributed by atoms with E-state index in [4.69, 9.17) is 4.74 Å². The molecule has 3 nitrogen and oxygen atoms in total. The minimum atomic E-state index is -0.359. The molecule has 1 aromatic rings. The van der Waals surface area contributed by atoms with Crippen LogP contribution in [0, 0.1) is 6.92 Å². The zero-order valence-corrected chi connectivity index (χ0v) is 12.3. The van der Waals surface area contributed by atoms with Crippen molar-refractivity contribution >= 4 is 6.08 Å². The van der Waals surface area contributed by atoms with Crippen molar-refractivity contribution in [2.75, 3.05) is 7.11 Å². The summed E-state index contributed by atoms with van der Waals surface area (Å²) in [5, 5.41) is 0. The van der Waals surface area contributed by atoms with Crippen LogP contribution in [0.25, 0.3) is 0 Å². The van der Waals surface area contributed by atoms with Gasteiger partial charge in [-0.2, -0.15) is 4.99 Å². The molecule has 0 heterocycles. The van der Waals surface area contributed by atoms with Crippen LogP contribution < -0.4 is 4.74 Å². The Hall–Kier alpha value is -1.60. The molecule has 0 amide bonds. The molecule has 0 aromatic heterocycles. The Labute approximate surface area is 120 Å². The fourth-order valence-corrected chi connectivity index (χ4v) is 3.81. The van der Waals surface area contributed by atoms with Crippen molar-refractivity contribution in [2.45, 2.75) is 57.4 Å². The van der Waals surface area contributed by atoms with Crippen LogP contribution >= 0.6 is 0 Å². The molecule has 0 saturated heterocycles. The monoisotopic (exact) mass is 271 g/mol. The van der Waals surface area contributed by atoms with E-state index in [1.165, 1.54) is 35.1 Å². The highest BCUT2D eigenvalue weighted by Gasteiger charge is 2.43. The first-order chi connectivity index (χ1) is 9.72. The predicted molar refractivity (Wildman–Crippen MR) is 78.0 cm³/mol. The topological polar surface area (TPSA) is 38.7 Å². The number of hydrogen-bond acceptors (Lipinski definition) is 3. The van der Waals surface area contributed by atoms with Crippen molar-refractivity contribution in [3.05, 3.63) is 28.3 Å². The van der Waals surface area contributed by atoms with Crippen LogP contribution in [0.15, 0.2) is 11.1 Å². The molecule has 20 heavy (non-hydrogen) atoms. The molecule has 1 saturated carbocycles. The second-order valence-electron chi connectivity index (χ2n) is 6.02. The third kappa shape index (κ3) is 1.89. The van der Waals surface area contributed by atoms with Crippen LogP contribution in [-0.2, 0) is 23.2 Å². The highest BCUT2D eigenvalue weighted by atomic mass is 16.5. The number of nitrogens with zero attached hydrogens (tertiary/aromatic N) is 1. The number of carbonyl (C=O) groups excluding carboxylic acids is 1. The Balaban J connectivity index is 2.25. The lowest BCUT2D eigenvalue weighted by Crippen LogP contribution is -2.34. The number of ether oxygens (including phenoxy) is 1. The molecule has 0 N–H and O–H groups in total. The van der Waals surface area contributed by atoms with Gasteiger partial charge in [-0.1, -0.05) is 0 Å². The Kier molecular flexibility index (Phi) is 3.39. The van der Waals surface area contributed by atoms with E-state index >= 15 is 0 Å². The minimum absolute atomic E-state index is 0.359. The summed E-state index contributed by atoms with van der Waals surface area (Å²) in [5.74, 6) is 0.904. The number of hydrogen-bond donors (Lipinski definition) is 0. The number of benzene rings is 1. The molecule has 2 aliphatic rings. The van der Waals surface area contributed by atoms with Crippen LogP contribution in [0.1, 0.15) is 54.4 Å². The largest absolute Gasteiger partial charge is 0.496 e. The molecule has 0 atom stereocenters. The summed E-state index contributed by atoms with van der Waals surface area (Å²) < 4.78 is 5.63. The number of isocyanates is 1. The molecule has 0 bridgehead atoms. The molecule has 0 spiro atoms. The van der Waals surface area contributed by atoms with Gasteiger partial charge < -0.3 is 4.74 Å². The molecule has 2 aliphatic carbocycles. The fraction of sp³-hybridized carbons (Fsp3) is 0.588. The van der Waals surface area contributed by atoms with Crippen LogP contribution in [-0.4, -0.2) is 13.2 Å². The van der Waals surface area contributed by atoms with E-state index in [2.05, 4.69) is 18.0 Å². The van der Waals surface area contributed by atoms with Gasteiger partial charge in [0.25, 0.3) is 0 Å². The van der Waals surface area contributed by atoms with Crippen LogP contribution in [0.4, 0.5) is 0 Å². The fourth-order valence-electron chi connectivity index (χ4n) is 3.81. The van der Waals surface area contributed by atoms with Gasteiger partial charge in [-0.25, -0.2) is 4.79 Å². The quantitative estimate of drug-likeness (QED) is 0.622. The maximum atomic E-state index is 10.9. The minimum Gasteiger partial charge on any atom is -0.496 e. The maximum Gasteiger partial charge on any atom is 0.235 e. The molecular weight excluding hydrogens is 250 g/mol. The van der Waals surface area contributed by atoms with Gasteiger partial charge in [0.1, 0.15) is 11.3 Å². The van der Waals surface area contributed by atoms with E-state index in [1.54, 1.807) is 13.2 Å². The smallest absolute Gasteiger partial charge is 0.235 e. The van der Waals surface area contributed by atoms with Crippen molar-refractivity contribution in [1.82, 2.24) is 0 Å². The van der Waals surface area contributed by atoms with Gasteiger partial charge >= 0.3 is 0 Å². The average Bonchev–Trinajstić information content (AvgIpc) is 2.43. The summed E-state index contributed by atoms with van der Waals surface area (Å²) in [7, 11) is 1.71. The number of methoxy groups -OCH3 is 1. The highest BCUT2D eigenvalue weighted by Crippen LogP contribution is 2.51. The Morgan fingerprint density at radius 1 is 1.20 bits per heavy atom. The third-order valence-electron chi connectivity index (χ3n) is 4.97. The lowest BCUT2D eigenvalue weighted by atomic mass is 9.68. The van der Waals surface area contributed by atoms with Crippen molar-refractivity contribution in [3.8, 4) is 5.75 Å². The molecular formula is C17H21NO2. The van der Waals surface area contributed by atoms with Gasteiger partial charge in [0, 0.05) is 5.56 Å². The SMILES string of the molecule is COc1cc(C)c2c(c1C1(N=C=O)CCC1)CCCC2. The van der Waals surface area contributed by atoms with E-state index in [0.717, 1.165) is 37.9 Å². The van der Waals surface area contributed by atoms with Crippen LogP contribution in [0.5, 0.6) is 5.75 Å². The summed E-state index contributed by atoms with van der Waals surface area (Å²) in [5.41, 5.74) is 4.98. The van der Waals surface area contributed by atoms with Gasteiger partial charge in [0.15, 0.2) is 0 Å². The highest BCUT2D eigenvalue weighted by molar-refractivity contribution is 5.56. The lowest BCUT2D eigenvalue weighted by Gasteiger charge is -2.40. The first-order valence-electron chi connectivity index (χ1n) is 7.51. The Bertz CT molecular complexity index is 581. The van der Waals surface area contributed by atoms with Gasteiger partial charge in [-0.15, -0.1) is 0 Å². The lowest BCUT2D eigenvalue weighted by molar-refractivity contribution is 0.243. The van der Waals surface area contributed by atoms with E-state index in [-0.39, 0.29) is 5.54 Å². The Morgan fingerprint density at radius 3 is 2.45 bits per heavy atom. The average molecular weight is 271 g/mol. The number of aliphatic imine (C=N–C) groups is 1. The molecule has 1 aromatic carbocycles. The van der Waals surface area contributed by atoms with Crippen molar-refractivity contribution in [3.63, 3.8) is 0 Å². The second kappa shape index (κ2) is 5.06. The van der Waals surface area contributed by atoms with Gasteiger partial charge in [0.05, 0.1) is 7.11 Å². The first-order valence-corrected chi connectivity index (χ1v) is 7.51. The standard InChI is InChI=1S/C17H21NO2/c1-12-10-15(20-2)16(14-7-4-3-6-13(12)14)17(18-11-19)8-5-9-17/h10H,3-9H2,1-2H3. The molecule has 106 valence electrons. The van der Waals surface area contributed by atoms with Gasteiger partial charge in [-0.05, 0) is 74.6 Å². The number of fused-ring (bicyclic) bond motifs is 1. The summed E-state index contributed by atoms with van der Waals surface area (Å²) >= 11 is 0. The molecule has 0 unspecified atom stereocenters. The molecule has 3 heteroatoms. The summed E-state index contributed by atoms with van der Waals surface area (Å²) in [6.45, 7) is 2.16. The molecule has 0 aliphatic heterocycles. The first kappa shape index (κ1) is 13.4. The van der Waals surface area contributed by atoms with E-state index in [1.807, 2.05) is 0 Å². The second-order valence-corrected chi connectivity index (χ2v) is 6.02. The summed E-state index contributed by atoms with van der Waals surface area (Å²) in [6.07, 6.45) is 9.49. The zero-order valence-electron chi connectivity index (χ0n) is 12.3. The molecule has 0 radical (unpaired) electrons. The molecule has 1 fully saturated rings. The van der Waals surface area contributed by atoms with E-state index < -0.39 is 0 Å².